The van der Waals surface area contributed by atoms with Crippen molar-refractivity contribution in [2.45, 2.75) is 32.7 Å². The van der Waals surface area contributed by atoms with Crippen LogP contribution in [-0.4, -0.2) is 33.4 Å². The van der Waals surface area contributed by atoms with Gasteiger partial charge in [-0.25, -0.2) is 4.98 Å². The van der Waals surface area contributed by atoms with Crippen molar-refractivity contribution in [3.63, 3.8) is 0 Å². The van der Waals surface area contributed by atoms with Crippen LogP contribution in [0.2, 0.25) is 0 Å². The van der Waals surface area contributed by atoms with Crippen molar-refractivity contribution in [3.05, 3.63) is 30.6 Å². The van der Waals surface area contributed by atoms with Gasteiger partial charge in [-0.3, -0.25) is 4.79 Å². The maximum absolute atomic E-state index is 12.3. The largest absolute Gasteiger partial charge is 0.342 e. The highest BCUT2D eigenvalue weighted by atomic mass is 16.2. The van der Waals surface area contributed by atoms with Gasteiger partial charge < -0.3 is 9.47 Å². The van der Waals surface area contributed by atoms with Gasteiger partial charge in [0.25, 0.3) is 0 Å². The van der Waals surface area contributed by atoms with Gasteiger partial charge in [0.05, 0.1) is 17.4 Å². The normalized spacial score (nSPS) is 19.4. The van der Waals surface area contributed by atoms with Crippen LogP contribution in [0.5, 0.6) is 0 Å². The number of rotatable bonds is 3. The van der Waals surface area contributed by atoms with E-state index in [1.54, 1.807) is 0 Å². The lowest BCUT2D eigenvalue weighted by Gasteiger charge is -2.31. The standard InChI is InChI=1S/C16H21N3O/c1-13-5-4-9-18(11-13)16(20)8-10-19-12-17-14-6-2-3-7-15(14)19/h2-3,6-7,12-13H,4-5,8-11H2,1H3. The summed E-state index contributed by atoms with van der Waals surface area (Å²) in [6.45, 7) is 4.78. The number of carbonyl (C=O) groups excluding carboxylic acids is 1. The highest BCUT2D eigenvalue weighted by Crippen LogP contribution is 2.17. The number of nitrogens with zero attached hydrogens (tertiary/aromatic N) is 3. The molecule has 20 heavy (non-hydrogen) atoms. The zero-order valence-corrected chi connectivity index (χ0v) is 12.0. The van der Waals surface area contributed by atoms with E-state index in [-0.39, 0.29) is 5.91 Å². The zero-order valence-electron chi connectivity index (χ0n) is 12.0. The molecule has 4 heteroatoms. The van der Waals surface area contributed by atoms with Crippen LogP contribution in [0.15, 0.2) is 30.6 Å². The Bertz CT molecular complexity index is 605. The smallest absolute Gasteiger partial charge is 0.224 e. The number of hydrogen-bond acceptors (Lipinski definition) is 2. The molecule has 0 bridgehead atoms. The van der Waals surface area contributed by atoms with E-state index in [0.29, 0.717) is 18.9 Å². The molecule has 1 atom stereocenters. The summed E-state index contributed by atoms with van der Waals surface area (Å²) in [6, 6.07) is 8.05. The van der Waals surface area contributed by atoms with Crippen LogP contribution in [0.4, 0.5) is 0 Å². The lowest BCUT2D eigenvalue weighted by molar-refractivity contribution is -0.133. The van der Waals surface area contributed by atoms with E-state index in [9.17, 15) is 4.79 Å². The fourth-order valence-electron chi connectivity index (χ4n) is 2.98. The Balaban J connectivity index is 1.63. The number of amides is 1. The third kappa shape index (κ3) is 2.69. The predicted octanol–water partition coefficient (Wildman–Crippen LogP) is 2.68. The first kappa shape index (κ1) is 13.2. The maximum Gasteiger partial charge on any atom is 0.224 e. The molecule has 1 aliphatic heterocycles. The van der Waals surface area contributed by atoms with Gasteiger partial charge in [0.15, 0.2) is 0 Å². The second-order valence-electron chi connectivity index (χ2n) is 5.76. The summed E-state index contributed by atoms with van der Waals surface area (Å²) in [5.41, 5.74) is 2.10. The third-order valence-electron chi connectivity index (χ3n) is 4.10. The number of fused-ring (bicyclic) bond motifs is 1. The van der Waals surface area contributed by atoms with E-state index in [0.717, 1.165) is 30.5 Å². The molecule has 0 spiro atoms. The Hall–Kier alpha value is -1.84. The van der Waals surface area contributed by atoms with Crippen LogP contribution in [0.1, 0.15) is 26.2 Å². The molecule has 3 rings (SSSR count). The summed E-state index contributed by atoms with van der Waals surface area (Å²) < 4.78 is 2.07. The number of aromatic nitrogens is 2. The lowest BCUT2D eigenvalue weighted by Crippen LogP contribution is -2.39. The fourth-order valence-corrected chi connectivity index (χ4v) is 2.98. The zero-order chi connectivity index (χ0) is 13.9. The Kier molecular flexibility index (Phi) is 3.72. The highest BCUT2D eigenvalue weighted by Gasteiger charge is 2.20. The van der Waals surface area contributed by atoms with Gasteiger partial charge in [-0.05, 0) is 30.9 Å². The molecule has 2 heterocycles. The second kappa shape index (κ2) is 5.65. The molecule has 106 valence electrons. The highest BCUT2D eigenvalue weighted by molar-refractivity contribution is 5.77. The molecule has 1 saturated heterocycles. The minimum absolute atomic E-state index is 0.273. The van der Waals surface area contributed by atoms with Gasteiger partial charge in [0, 0.05) is 26.1 Å². The van der Waals surface area contributed by atoms with Gasteiger partial charge in [-0.15, -0.1) is 0 Å². The molecule has 1 aromatic heterocycles. The molecule has 1 fully saturated rings. The van der Waals surface area contributed by atoms with E-state index in [1.165, 1.54) is 6.42 Å². The van der Waals surface area contributed by atoms with Crippen LogP contribution in [0, 0.1) is 5.92 Å². The molecule has 0 aliphatic carbocycles. The van der Waals surface area contributed by atoms with Crippen molar-refractivity contribution in [1.82, 2.24) is 14.5 Å². The topological polar surface area (TPSA) is 38.1 Å². The average Bonchev–Trinajstić information content (AvgIpc) is 2.88. The van der Waals surface area contributed by atoms with Gasteiger partial charge in [0.1, 0.15) is 0 Å². The number of likely N-dealkylation sites (tertiary alicyclic amines) is 1. The maximum atomic E-state index is 12.3. The first-order valence-corrected chi connectivity index (χ1v) is 7.41. The average molecular weight is 271 g/mol. The van der Waals surface area contributed by atoms with Crippen molar-refractivity contribution in [3.8, 4) is 0 Å². The van der Waals surface area contributed by atoms with Crippen LogP contribution < -0.4 is 0 Å². The Labute approximate surface area is 119 Å². The Morgan fingerprint density at radius 3 is 3.10 bits per heavy atom. The summed E-state index contributed by atoms with van der Waals surface area (Å²) in [7, 11) is 0. The van der Waals surface area contributed by atoms with E-state index < -0.39 is 0 Å². The number of aryl methyl sites for hydroxylation is 1. The predicted molar refractivity (Wildman–Crippen MR) is 79.3 cm³/mol. The van der Waals surface area contributed by atoms with Crippen molar-refractivity contribution in [2.75, 3.05) is 13.1 Å². The molecule has 2 aromatic rings. The first-order chi connectivity index (χ1) is 9.74. The van der Waals surface area contributed by atoms with Crippen LogP contribution >= 0.6 is 0 Å². The Morgan fingerprint density at radius 1 is 1.40 bits per heavy atom. The third-order valence-corrected chi connectivity index (χ3v) is 4.10. The molecule has 1 unspecified atom stereocenters. The number of para-hydroxylation sites is 2. The van der Waals surface area contributed by atoms with Crippen LogP contribution in [0.25, 0.3) is 11.0 Å². The lowest BCUT2D eigenvalue weighted by atomic mass is 10.00. The van der Waals surface area contributed by atoms with Crippen molar-refractivity contribution in [1.29, 1.82) is 0 Å². The van der Waals surface area contributed by atoms with Gasteiger partial charge >= 0.3 is 0 Å². The second-order valence-corrected chi connectivity index (χ2v) is 5.76. The quantitative estimate of drug-likeness (QED) is 0.861. The molecule has 1 aromatic carbocycles. The minimum atomic E-state index is 0.273. The van der Waals surface area contributed by atoms with Crippen LogP contribution in [0.3, 0.4) is 0 Å². The molecule has 4 nitrogen and oxygen atoms in total. The van der Waals surface area contributed by atoms with E-state index in [1.807, 2.05) is 29.4 Å². The van der Waals surface area contributed by atoms with E-state index in [4.69, 9.17) is 0 Å². The van der Waals surface area contributed by atoms with Crippen LogP contribution in [-0.2, 0) is 11.3 Å². The Morgan fingerprint density at radius 2 is 2.25 bits per heavy atom. The summed E-state index contributed by atoms with van der Waals surface area (Å²) >= 11 is 0. The first-order valence-electron chi connectivity index (χ1n) is 7.41. The molecular formula is C16H21N3O. The number of imidazole rings is 1. The molecule has 0 saturated carbocycles. The molecule has 0 radical (unpaired) electrons. The minimum Gasteiger partial charge on any atom is -0.342 e. The number of carbonyl (C=O) groups is 1. The van der Waals surface area contributed by atoms with Crippen molar-refractivity contribution >= 4 is 16.9 Å². The van der Waals surface area contributed by atoms with Crippen molar-refractivity contribution < 1.29 is 4.79 Å². The molecule has 0 N–H and O–H groups in total. The molecule has 1 aliphatic rings. The number of benzene rings is 1. The fraction of sp³-hybridized carbons (Fsp3) is 0.500. The summed E-state index contributed by atoms with van der Waals surface area (Å²) in [4.78, 5) is 18.6. The SMILES string of the molecule is CC1CCCN(C(=O)CCn2cnc3ccccc32)C1. The monoisotopic (exact) mass is 271 g/mol. The summed E-state index contributed by atoms with van der Waals surface area (Å²) in [5, 5.41) is 0. The van der Waals surface area contributed by atoms with Gasteiger partial charge in [-0.2, -0.15) is 0 Å². The molecular weight excluding hydrogens is 250 g/mol. The molecule has 1 amide bonds. The van der Waals surface area contributed by atoms with E-state index >= 15 is 0 Å². The number of hydrogen-bond donors (Lipinski definition) is 0. The summed E-state index contributed by atoms with van der Waals surface area (Å²) in [5.74, 6) is 0.913. The van der Waals surface area contributed by atoms with Crippen molar-refractivity contribution in [2.24, 2.45) is 5.92 Å². The van der Waals surface area contributed by atoms with Gasteiger partial charge in [0.2, 0.25) is 5.91 Å². The van der Waals surface area contributed by atoms with E-state index in [2.05, 4.69) is 22.5 Å². The number of piperidine rings is 1. The van der Waals surface area contributed by atoms with Gasteiger partial charge in [-0.1, -0.05) is 19.1 Å². The summed E-state index contributed by atoms with van der Waals surface area (Å²) in [6.07, 6.45) is 4.78.